The van der Waals surface area contributed by atoms with Gasteiger partial charge in [0, 0.05) is 16.6 Å². The lowest BCUT2D eigenvalue weighted by atomic mass is 9.93. The highest BCUT2D eigenvalue weighted by Crippen LogP contribution is 2.23. The number of rotatable bonds is 4. The van der Waals surface area contributed by atoms with E-state index in [1.165, 1.54) is 12.1 Å². The van der Waals surface area contributed by atoms with Crippen LogP contribution in [0.1, 0.15) is 17.0 Å². The summed E-state index contributed by atoms with van der Waals surface area (Å²) >= 11 is 3.37. The van der Waals surface area contributed by atoms with Crippen LogP contribution in [0.25, 0.3) is 0 Å². The zero-order chi connectivity index (χ0) is 14.5. The number of nitro groups is 1. The van der Waals surface area contributed by atoms with Crippen LogP contribution in [-0.2, 0) is 6.42 Å². The van der Waals surface area contributed by atoms with Gasteiger partial charge in [0.25, 0.3) is 5.69 Å². The Morgan fingerprint density at radius 1 is 1.15 bits per heavy atom. The highest BCUT2D eigenvalue weighted by molar-refractivity contribution is 9.10. The van der Waals surface area contributed by atoms with E-state index in [-0.39, 0.29) is 11.6 Å². The van der Waals surface area contributed by atoms with Crippen LogP contribution in [0.15, 0.2) is 53.0 Å². The van der Waals surface area contributed by atoms with E-state index in [1.54, 1.807) is 12.1 Å². The maximum absolute atomic E-state index is 10.6. The molecule has 0 aliphatic heterocycles. The molecule has 4 nitrogen and oxygen atoms in total. The average Bonchev–Trinajstić information content (AvgIpc) is 2.47. The van der Waals surface area contributed by atoms with Gasteiger partial charge in [-0.15, -0.1) is 0 Å². The molecule has 0 saturated heterocycles. The summed E-state index contributed by atoms with van der Waals surface area (Å²) in [7, 11) is 0. The minimum atomic E-state index is -0.445. The van der Waals surface area contributed by atoms with Gasteiger partial charge in [-0.3, -0.25) is 10.1 Å². The predicted molar refractivity (Wildman–Crippen MR) is 79.3 cm³/mol. The lowest BCUT2D eigenvalue weighted by Gasteiger charge is -2.09. The molecule has 0 aliphatic carbocycles. The van der Waals surface area contributed by atoms with Crippen molar-refractivity contribution in [1.82, 2.24) is 0 Å². The fourth-order valence-corrected chi connectivity index (χ4v) is 2.19. The number of benzene rings is 2. The summed E-state index contributed by atoms with van der Waals surface area (Å²) in [4.78, 5) is 10.2. The van der Waals surface area contributed by atoms with E-state index in [0.717, 1.165) is 15.6 Å². The van der Waals surface area contributed by atoms with Crippen LogP contribution >= 0.6 is 15.9 Å². The molecule has 2 rings (SSSR count). The first-order valence-corrected chi connectivity index (χ1v) is 6.78. The highest BCUT2D eigenvalue weighted by Gasteiger charge is 2.13. The van der Waals surface area contributed by atoms with E-state index in [1.807, 2.05) is 24.3 Å². The maximum atomic E-state index is 10.6. The van der Waals surface area contributed by atoms with Crippen molar-refractivity contribution in [2.75, 3.05) is 0 Å². The van der Waals surface area contributed by atoms with Crippen LogP contribution in [0.5, 0.6) is 0 Å². The Hall–Kier alpha value is -2.19. The Labute approximate surface area is 124 Å². The number of non-ortho nitro benzene ring substituents is 1. The van der Waals surface area contributed by atoms with E-state index < -0.39 is 4.92 Å². The van der Waals surface area contributed by atoms with Crippen LogP contribution in [0.2, 0.25) is 0 Å². The Morgan fingerprint density at radius 3 is 2.25 bits per heavy atom. The zero-order valence-corrected chi connectivity index (χ0v) is 12.1. The molecular weight excluding hydrogens is 320 g/mol. The fourth-order valence-electron chi connectivity index (χ4n) is 1.92. The molecule has 0 saturated carbocycles. The van der Waals surface area contributed by atoms with Crippen molar-refractivity contribution in [3.63, 3.8) is 0 Å². The summed E-state index contributed by atoms with van der Waals surface area (Å²) in [6.07, 6.45) is 0.585. The van der Waals surface area contributed by atoms with Gasteiger partial charge in [0.1, 0.15) is 0 Å². The van der Waals surface area contributed by atoms with E-state index in [9.17, 15) is 15.4 Å². The summed E-state index contributed by atoms with van der Waals surface area (Å²) < 4.78 is 0.991. The van der Waals surface area contributed by atoms with Crippen LogP contribution in [0.4, 0.5) is 5.69 Å². The molecule has 0 heterocycles. The van der Waals surface area contributed by atoms with Gasteiger partial charge < -0.3 is 0 Å². The number of nitro benzene ring substituents is 1. The smallest absolute Gasteiger partial charge is 0.258 e. The third kappa shape index (κ3) is 3.43. The molecule has 100 valence electrons. The third-order valence-electron chi connectivity index (χ3n) is 3.02. The monoisotopic (exact) mass is 330 g/mol. The summed E-state index contributed by atoms with van der Waals surface area (Å²) in [6.45, 7) is 0. The number of hydrogen-bond donors (Lipinski definition) is 0. The molecule has 1 atom stereocenters. The lowest BCUT2D eigenvalue weighted by Crippen LogP contribution is -2.00. The molecule has 0 bridgehead atoms. The second kappa shape index (κ2) is 6.31. The average molecular weight is 331 g/mol. The van der Waals surface area contributed by atoms with Gasteiger partial charge in [-0.2, -0.15) is 5.26 Å². The van der Waals surface area contributed by atoms with Gasteiger partial charge in [0.05, 0.1) is 16.9 Å². The van der Waals surface area contributed by atoms with Gasteiger partial charge in [0.2, 0.25) is 0 Å². The normalized spacial score (nSPS) is 11.6. The van der Waals surface area contributed by atoms with E-state index in [2.05, 4.69) is 22.0 Å². The number of hydrogen-bond acceptors (Lipinski definition) is 3. The lowest BCUT2D eigenvalue weighted by molar-refractivity contribution is -0.384. The second-order valence-corrected chi connectivity index (χ2v) is 5.28. The molecule has 20 heavy (non-hydrogen) atoms. The van der Waals surface area contributed by atoms with Gasteiger partial charge in [-0.05, 0) is 29.7 Å². The summed E-state index contributed by atoms with van der Waals surface area (Å²) in [6, 6.07) is 16.2. The van der Waals surface area contributed by atoms with Gasteiger partial charge >= 0.3 is 0 Å². The number of halogens is 1. The van der Waals surface area contributed by atoms with Crippen molar-refractivity contribution in [2.24, 2.45) is 0 Å². The van der Waals surface area contributed by atoms with Crippen LogP contribution in [0, 0.1) is 21.4 Å². The molecule has 0 amide bonds. The van der Waals surface area contributed by atoms with E-state index in [4.69, 9.17) is 0 Å². The first-order chi connectivity index (χ1) is 9.60. The van der Waals surface area contributed by atoms with E-state index >= 15 is 0 Å². The van der Waals surface area contributed by atoms with Gasteiger partial charge in [0.15, 0.2) is 0 Å². The quantitative estimate of drug-likeness (QED) is 0.623. The predicted octanol–water partition coefficient (Wildman–Crippen LogP) is 4.21. The van der Waals surface area contributed by atoms with Crippen molar-refractivity contribution in [2.45, 2.75) is 12.3 Å². The molecule has 0 radical (unpaired) electrons. The van der Waals surface area contributed by atoms with Crippen molar-refractivity contribution in [3.05, 3.63) is 74.2 Å². The minimum absolute atomic E-state index is 0.0362. The maximum Gasteiger partial charge on any atom is 0.269 e. The largest absolute Gasteiger partial charge is 0.269 e. The highest BCUT2D eigenvalue weighted by atomic mass is 79.9. The molecule has 0 N–H and O–H groups in total. The Bertz CT molecular complexity index is 645. The van der Waals surface area contributed by atoms with Crippen molar-refractivity contribution < 1.29 is 4.92 Å². The number of nitriles is 1. The zero-order valence-electron chi connectivity index (χ0n) is 10.5. The van der Waals surface area contributed by atoms with E-state index in [0.29, 0.717) is 6.42 Å². The van der Waals surface area contributed by atoms with Crippen LogP contribution in [0.3, 0.4) is 0 Å². The van der Waals surface area contributed by atoms with Gasteiger partial charge in [-0.25, -0.2) is 0 Å². The van der Waals surface area contributed by atoms with Crippen LogP contribution < -0.4 is 0 Å². The van der Waals surface area contributed by atoms with Crippen molar-refractivity contribution in [1.29, 1.82) is 5.26 Å². The molecule has 0 fully saturated rings. The standard InChI is InChI=1S/C15H11BrN2O2/c16-14-5-1-11(2-6-14)9-13(10-17)12-3-7-15(8-4-12)18(19)20/h1-8,13H,9H2/t13-/m1/s1. The topological polar surface area (TPSA) is 66.9 Å². The molecule has 2 aromatic carbocycles. The van der Waals surface area contributed by atoms with Crippen molar-refractivity contribution in [3.8, 4) is 6.07 Å². The molecule has 5 heteroatoms. The Morgan fingerprint density at radius 2 is 1.75 bits per heavy atom. The van der Waals surface area contributed by atoms with Gasteiger partial charge in [-0.1, -0.05) is 40.2 Å². The fraction of sp³-hybridized carbons (Fsp3) is 0.133. The second-order valence-electron chi connectivity index (χ2n) is 4.36. The van der Waals surface area contributed by atoms with Crippen LogP contribution in [-0.4, -0.2) is 4.92 Å². The molecule has 0 unspecified atom stereocenters. The first kappa shape index (κ1) is 14.2. The summed E-state index contributed by atoms with van der Waals surface area (Å²) in [5.74, 6) is -0.308. The Kier molecular flexibility index (Phi) is 4.49. The molecular formula is C15H11BrN2O2. The molecule has 0 aromatic heterocycles. The number of nitrogens with zero attached hydrogens (tertiary/aromatic N) is 2. The molecule has 0 aliphatic rings. The molecule has 0 spiro atoms. The SMILES string of the molecule is N#C[C@@H](Cc1ccc(Br)cc1)c1ccc([N+](=O)[O-])cc1. The first-order valence-electron chi connectivity index (χ1n) is 5.98. The summed E-state index contributed by atoms with van der Waals surface area (Å²) in [5.41, 5.74) is 1.88. The minimum Gasteiger partial charge on any atom is -0.258 e. The third-order valence-corrected chi connectivity index (χ3v) is 3.54. The Balaban J connectivity index is 2.18. The van der Waals surface area contributed by atoms with Crippen molar-refractivity contribution >= 4 is 21.6 Å². The summed E-state index contributed by atoms with van der Waals surface area (Å²) in [5, 5.41) is 19.9. The molecule has 2 aromatic rings.